The third kappa shape index (κ3) is 8.21. The van der Waals surface area contributed by atoms with Crippen molar-refractivity contribution in [1.82, 2.24) is 10.2 Å². The van der Waals surface area contributed by atoms with Gasteiger partial charge in [0.1, 0.15) is 17.6 Å². The van der Waals surface area contributed by atoms with Gasteiger partial charge in [-0.15, -0.1) is 0 Å². The number of halogens is 2. The van der Waals surface area contributed by atoms with Crippen LogP contribution in [0.15, 0.2) is 83.3 Å². The first kappa shape index (κ1) is 26.4. The Balaban J connectivity index is 1.89. The molecule has 0 unspecified atom stereocenters. The number of hydrogen-bond acceptors (Lipinski definition) is 3. The molecule has 3 aromatic carbocycles. The zero-order chi connectivity index (χ0) is 25.2. The van der Waals surface area contributed by atoms with Crippen molar-refractivity contribution in [3.05, 3.63) is 100 Å². The van der Waals surface area contributed by atoms with Gasteiger partial charge in [-0.1, -0.05) is 65.3 Å². The van der Waals surface area contributed by atoms with E-state index in [1.165, 1.54) is 24.3 Å². The van der Waals surface area contributed by atoms with E-state index in [1.54, 1.807) is 4.90 Å². The van der Waals surface area contributed by atoms with Crippen LogP contribution in [0.5, 0.6) is 5.75 Å². The summed E-state index contributed by atoms with van der Waals surface area (Å²) < 4.78 is 19.8. The second-order valence-electron chi connectivity index (χ2n) is 8.41. The van der Waals surface area contributed by atoms with Gasteiger partial charge in [0, 0.05) is 23.5 Å². The average molecular weight is 541 g/mol. The molecule has 0 radical (unpaired) electrons. The van der Waals surface area contributed by atoms with E-state index in [9.17, 15) is 14.0 Å². The number of carbonyl (C=O) groups excluding carboxylic acids is 2. The number of amides is 2. The molecule has 0 spiro atoms. The van der Waals surface area contributed by atoms with Crippen molar-refractivity contribution >= 4 is 27.7 Å². The molecule has 0 aliphatic heterocycles. The molecule has 35 heavy (non-hydrogen) atoms. The number of rotatable bonds is 11. The maximum atomic E-state index is 13.5. The van der Waals surface area contributed by atoms with E-state index in [1.807, 2.05) is 68.4 Å². The van der Waals surface area contributed by atoms with Gasteiger partial charge >= 0.3 is 0 Å². The predicted molar refractivity (Wildman–Crippen MR) is 138 cm³/mol. The van der Waals surface area contributed by atoms with Crippen LogP contribution in [0.1, 0.15) is 31.4 Å². The van der Waals surface area contributed by atoms with Crippen LogP contribution in [-0.2, 0) is 22.6 Å². The summed E-state index contributed by atoms with van der Waals surface area (Å²) in [5, 5.41) is 3.04. The molecule has 3 rings (SSSR count). The fraction of sp³-hybridized carbons (Fsp3) is 0.286. The molecule has 1 N–H and O–H groups in total. The highest BCUT2D eigenvalue weighted by Crippen LogP contribution is 2.18. The molecule has 184 valence electrons. The molecule has 0 saturated heterocycles. The first-order valence-corrected chi connectivity index (χ1v) is 12.4. The van der Waals surface area contributed by atoms with Gasteiger partial charge in [0.25, 0.3) is 5.91 Å². The quantitative estimate of drug-likeness (QED) is 0.348. The molecule has 2 amide bonds. The second-order valence-corrected chi connectivity index (χ2v) is 9.33. The van der Waals surface area contributed by atoms with E-state index in [0.717, 1.165) is 22.0 Å². The lowest BCUT2D eigenvalue weighted by Crippen LogP contribution is -2.53. The zero-order valence-corrected chi connectivity index (χ0v) is 21.5. The van der Waals surface area contributed by atoms with Gasteiger partial charge in [0.15, 0.2) is 6.61 Å². The third-order valence-electron chi connectivity index (χ3n) is 5.71. The molecule has 0 fully saturated rings. The summed E-state index contributed by atoms with van der Waals surface area (Å²) in [6.45, 7) is 3.91. The Kier molecular flexibility index (Phi) is 9.85. The Hall–Kier alpha value is -3.19. The molecule has 5 nitrogen and oxygen atoms in total. The third-order valence-corrected chi connectivity index (χ3v) is 6.24. The molecular weight excluding hydrogens is 511 g/mol. The number of nitrogens with one attached hydrogen (secondary N) is 1. The summed E-state index contributed by atoms with van der Waals surface area (Å²) in [5.74, 6) is -0.551. The predicted octanol–water partition coefficient (Wildman–Crippen LogP) is 5.52. The van der Waals surface area contributed by atoms with Crippen LogP contribution in [0.4, 0.5) is 4.39 Å². The van der Waals surface area contributed by atoms with Crippen LogP contribution >= 0.6 is 15.9 Å². The monoisotopic (exact) mass is 540 g/mol. The van der Waals surface area contributed by atoms with Gasteiger partial charge in [-0.25, -0.2) is 4.39 Å². The highest BCUT2D eigenvalue weighted by atomic mass is 79.9. The smallest absolute Gasteiger partial charge is 0.261 e. The van der Waals surface area contributed by atoms with Gasteiger partial charge < -0.3 is 15.0 Å². The number of benzene rings is 3. The van der Waals surface area contributed by atoms with Gasteiger partial charge in [-0.2, -0.15) is 0 Å². The van der Waals surface area contributed by atoms with Crippen molar-refractivity contribution in [2.24, 2.45) is 0 Å². The van der Waals surface area contributed by atoms with E-state index in [-0.39, 0.29) is 36.8 Å². The summed E-state index contributed by atoms with van der Waals surface area (Å²) in [4.78, 5) is 28.5. The largest absolute Gasteiger partial charge is 0.484 e. The number of carbonyl (C=O) groups is 2. The van der Waals surface area contributed by atoms with Crippen LogP contribution in [0.3, 0.4) is 0 Å². The lowest BCUT2D eigenvalue weighted by atomic mass is 10.0. The summed E-state index contributed by atoms with van der Waals surface area (Å²) in [7, 11) is 0. The number of hydrogen-bond donors (Lipinski definition) is 1. The molecule has 0 heterocycles. The molecule has 2 atom stereocenters. The fourth-order valence-electron chi connectivity index (χ4n) is 3.54. The Morgan fingerprint density at radius 1 is 0.971 bits per heavy atom. The summed E-state index contributed by atoms with van der Waals surface area (Å²) in [6.07, 6.45) is 1.14. The first-order valence-electron chi connectivity index (χ1n) is 11.6. The van der Waals surface area contributed by atoms with E-state index in [2.05, 4.69) is 21.2 Å². The van der Waals surface area contributed by atoms with Gasteiger partial charge in [-0.3, -0.25) is 9.59 Å². The normalized spacial score (nSPS) is 12.5. The average Bonchev–Trinajstić information content (AvgIpc) is 2.87. The summed E-state index contributed by atoms with van der Waals surface area (Å²) in [6, 6.07) is 22.0. The Morgan fingerprint density at radius 3 is 2.26 bits per heavy atom. The maximum absolute atomic E-state index is 13.5. The lowest BCUT2D eigenvalue weighted by molar-refractivity contribution is -0.143. The summed E-state index contributed by atoms with van der Waals surface area (Å²) in [5.41, 5.74) is 1.84. The molecule has 7 heteroatoms. The Morgan fingerprint density at radius 2 is 1.63 bits per heavy atom. The first-order chi connectivity index (χ1) is 16.9. The molecular formula is C28H30BrFN2O3. The van der Waals surface area contributed by atoms with Gasteiger partial charge in [0.05, 0.1) is 0 Å². The summed E-state index contributed by atoms with van der Waals surface area (Å²) >= 11 is 3.44. The minimum atomic E-state index is -0.737. The zero-order valence-electron chi connectivity index (χ0n) is 19.9. The minimum absolute atomic E-state index is 0.0270. The van der Waals surface area contributed by atoms with Crippen LogP contribution < -0.4 is 10.1 Å². The Bertz CT molecular complexity index is 1090. The van der Waals surface area contributed by atoms with Crippen molar-refractivity contribution < 1.29 is 18.7 Å². The highest BCUT2D eigenvalue weighted by molar-refractivity contribution is 9.10. The topological polar surface area (TPSA) is 58.6 Å². The van der Waals surface area contributed by atoms with Gasteiger partial charge in [-0.05, 0) is 60.9 Å². The molecule has 0 aliphatic carbocycles. The number of ether oxygens (including phenoxy) is 1. The molecule has 3 aromatic rings. The van der Waals surface area contributed by atoms with Crippen molar-refractivity contribution in [3.63, 3.8) is 0 Å². The van der Waals surface area contributed by atoms with Crippen molar-refractivity contribution in [2.45, 2.75) is 45.3 Å². The van der Waals surface area contributed by atoms with Crippen molar-refractivity contribution in [3.8, 4) is 5.75 Å². The van der Waals surface area contributed by atoms with Crippen molar-refractivity contribution in [1.29, 1.82) is 0 Å². The minimum Gasteiger partial charge on any atom is -0.484 e. The van der Waals surface area contributed by atoms with Crippen LogP contribution in [0, 0.1) is 5.82 Å². The second kappa shape index (κ2) is 13.0. The van der Waals surface area contributed by atoms with E-state index in [4.69, 9.17) is 4.74 Å². The van der Waals surface area contributed by atoms with Crippen LogP contribution in [-0.4, -0.2) is 35.4 Å². The van der Waals surface area contributed by atoms with Crippen LogP contribution in [0.25, 0.3) is 0 Å². The Labute approximate surface area is 214 Å². The van der Waals surface area contributed by atoms with E-state index in [0.29, 0.717) is 12.2 Å². The maximum Gasteiger partial charge on any atom is 0.261 e. The standard InChI is InChI=1S/C28H30BrFN2O3/c1-3-20(2)31-28(34)26(17-21-7-5-4-6-8-21)32(18-22-9-11-23(29)12-10-22)27(33)19-35-25-15-13-24(30)14-16-25/h4-16,20,26H,3,17-19H2,1-2H3,(H,31,34)/t20-,26-/m1/s1. The molecule has 0 saturated carbocycles. The molecule has 0 bridgehead atoms. The van der Waals surface area contributed by atoms with Gasteiger partial charge in [0.2, 0.25) is 5.91 Å². The fourth-order valence-corrected chi connectivity index (χ4v) is 3.80. The van der Waals surface area contributed by atoms with E-state index >= 15 is 0 Å². The van der Waals surface area contributed by atoms with E-state index < -0.39 is 6.04 Å². The molecule has 0 aromatic heterocycles. The van der Waals surface area contributed by atoms with Crippen LogP contribution in [0.2, 0.25) is 0 Å². The lowest BCUT2D eigenvalue weighted by Gasteiger charge is -2.32. The molecule has 0 aliphatic rings. The number of nitrogens with zero attached hydrogens (tertiary/aromatic N) is 1. The highest BCUT2D eigenvalue weighted by Gasteiger charge is 2.31. The van der Waals surface area contributed by atoms with Crippen molar-refractivity contribution in [2.75, 3.05) is 6.61 Å². The SMILES string of the molecule is CC[C@@H](C)NC(=O)[C@@H](Cc1ccccc1)N(Cc1ccc(Br)cc1)C(=O)COc1ccc(F)cc1.